The molecule has 0 atom stereocenters. The molecule has 2 aromatic rings. The molecule has 0 spiro atoms. The van der Waals surface area contributed by atoms with Crippen molar-refractivity contribution in [3.8, 4) is 0 Å². The summed E-state index contributed by atoms with van der Waals surface area (Å²) in [6.45, 7) is 6.77. The largest absolute Gasteiger partial charge is 0.465 e. The minimum Gasteiger partial charge on any atom is -0.465 e. The summed E-state index contributed by atoms with van der Waals surface area (Å²) in [5.74, 6) is 0.963. The minimum atomic E-state index is -0.211. The third-order valence-corrected chi connectivity index (χ3v) is 7.79. The summed E-state index contributed by atoms with van der Waals surface area (Å²) in [7, 11) is 0. The van der Waals surface area contributed by atoms with Crippen molar-refractivity contribution in [2.45, 2.75) is 143 Å². The number of esters is 1. The maximum Gasteiger partial charge on any atom is 0.317 e. The van der Waals surface area contributed by atoms with Gasteiger partial charge in [0.15, 0.2) is 5.65 Å². The molecular formula is C30H52N4O2S. The van der Waals surface area contributed by atoms with Crippen molar-refractivity contribution in [1.29, 1.82) is 0 Å². The van der Waals surface area contributed by atoms with Gasteiger partial charge in [0.05, 0.1) is 12.3 Å². The van der Waals surface area contributed by atoms with Crippen molar-refractivity contribution in [2.24, 2.45) is 0 Å². The second-order valence-corrected chi connectivity index (χ2v) is 11.2. The number of unbranched alkanes of at least 4 members (excludes halogenated alkanes) is 15. The average molecular weight is 533 g/mol. The van der Waals surface area contributed by atoms with E-state index in [0.29, 0.717) is 6.61 Å². The van der Waals surface area contributed by atoms with Gasteiger partial charge in [-0.25, -0.2) is 15.0 Å². The highest BCUT2D eigenvalue weighted by atomic mass is 32.2. The van der Waals surface area contributed by atoms with Crippen molar-refractivity contribution < 1.29 is 9.53 Å². The lowest BCUT2D eigenvalue weighted by molar-refractivity contribution is -0.139. The number of hydrogen-bond donors (Lipinski definition) is 0. The number of imidazole rings is 1. The Hall–Kier alpha value is -1.63. The van der Waals surface area contributed by atoms with Crippen LogP contribution < -0.4 is 0 Å². The standard InChI is InChI=1S/C30H52N4O2S/c1-4-7-9-11-13-15-17-19-21-23-27-32-26(22-20-18-16-14-12-10-8-5-2)29-30(33-27)34(25-31-29)37-24-28(35)36-6-3/h25H,4-24H2,1-3H3. The maximum absolute atomic E-state index is 11.9. The fourth-order valence-corrected chi connectivity index (χ4v) is 5.41. The molecule has 0 radical (unpaired) electrons. The normalized spacial score (nSPS) is 11.4. The predicted molar refractivity (Wildman–Crippen MR) is 157 cm³/mol. The summed E-state index contributed by atoms with van der Waals surface area (Å²) in [6.07, 6.45) is 25.8. The van der Waals surface area contributed by atoms with Crippen LogP contribution in [0.4, 0.5) is 0 Å². The Morgan fingerprint density at radius 2 is 1.30 bits per heavy atom. The number of nitrogens with zero attached hydrogens (tertiary/aromatic N) is 4. The highest BCUT2D eigenvalue weighted by molar-refractivity contribution is 7.98. The Labute approximate surface area is 230 Å². The quantitative estimate of drug-likeness (QED) is 0.105. The smallest absolute Gasteiger partial charge is 0.317 e. The zero-order valence-electron chi connectivity index (χ0n) is 23.9. The van der Waals surface area contributed by atoms with Crippen LogP contribution in [0.25, 0.3) is 11.2 Å². The number of carbonyl (C=O) groups is 1. The molecule has 6 nitrogen and oxygen atoms in total. The first kappa shape index (κ1) is 31.6. The van der Waals surface area contributed by atoms with E-state index in [2.05, 4.69) is 18.8 Å². The van der Waals surface area contributed by atoms with E-state index < -0.39 is 0 Å². The van der Waals surface area contributed by atoms with Crippen LogP contribution in [-0.2, 0) is 22.4 Å². The van der Waals surface area contributed by atoms with Gasteiger partial charge in [0.1, 0.15) is 23.4 Å². The van der Waals surface area contributed by atoms with Gasteiger partial charge in [0.25, 0.3) is 0 Å². The molecule has 0 amide bonds. The number of rotatable bonds is 23. The Balaban J connectivity index is 1.92. The minimum absolute atomic E-state index is 0.211. The van der Waals surface area contributed by atoms with E-state index in [1.54, 1.807) is 6.33 Å². The molecule has 210 valence electrons. The van der Waals surface area contributed by atoms with E-state index in [1.807, 2.05) is 10.9 Å². The van der Waals surface area contributed by atoms with Crippen LogP contribution in [0.2, 0.25) is 0 Å². The van der Waals surface area contributed by atoms with Crippen LogP contribution in [-0.4, -0.2) is 37.3 Å². The monoisotopic (exact) mass is 532 g/mol. The summed E-state index contributed by atoms with van der Waals surface area (Å²) in [6, 6.07) is 0. The van der Waals surface area contributed by atoms with Crippen LogP contribution in [0.1, 0.15) is 141 Å². The molecule has 0 aliphatic carbocycles. The van der Waals surface area contributed by atoms with Crippen LogP contribution in [0.5, 0.6) is 0 Å². The Morgan fingerprint density at radius 3 is 1.86 bits per heavy atom. The highest BCUT2D eigenvalue weighted by Crippen LogP contribution is 2.22. The number of aryl methyl sites for hydroxylation is 2. The SMILES string of the molecule is CCCCCCCCCCCc1nc(CCCCCCCCCC)c2ncn(SCC(=O)OCC)c2n1. The summed E-state index contributed by atoms with van der Waals surface area (Å²) in [4.78, 5) is 26.4. The topological polar surface area (TPSA) is 69.9 Å². The van der Waals surface area contributed by atoms with E-state index in [-0.39, 0.29) is 11.7 Å². The summed E-state index contributed by atoms with van der Waals surface area (Å²) in [5, 5.41) is 0. The third kappa shape index (κ3) is 13.1. The molecule has 0 N–H and O–H groups in total. The molecule has 2 aromatic heterocycles. The van der Waals surface area contributed by atoms with E-state index >= 15 is 0 Å². The van der Waals surface area contributed by atoms with Gasteiger partial charge < -0.3 is 4.74 Å². The number of ether oxygens (including phenoxy) is 1. The predicted octanol–water partition coefficient (Wildman–Crippen LogP) is 8.64. The first-order valence-corrected chi connectivity index (χ1v) is 16.2. The molecule has 37 heavy (non-hydrogen) atoms. The zero-order chi connectivity index (χ0) is 26.6. The number of carbonyl (C=O) groups excluding carboxylic acids is 1. The van der Waals surface area contributed by atoms with Crippen molar-refractivity contribution in [2.75, 3.05) is 12.4 Å². The van der Waals surface area contributed by atoms with Gasteiger partial charge in [-0.3, -0.25) is 8.77 Å². The fraction of sp³-hybridized carbons (Fsp3) is 0.800. The molecular weight excluding hydrogens is 480 g/mol. The Kier molecular flexibility index (Phi) is 17.4. The van der Waals surface area contributed by atoms with E-state index in [0.717, 1.165) is 48.4 Å². The molecule has 0 saturated heterocycles. The van der Waals surface area contributed by atoms with E-state index in [4.69, 9.17) is 14.7 Å². The lowest BCUT2D eigenvalue weighted by Gasteiger charge is -2.08. The molecule has 0 aromatic carbocycles. The first-order valence-electron chi connectivity index (χ1n) is 15.2. The van der Waals surface area contributed by atoms with Gasteiger partial charge in [-0.1, -0.05) is 110 Å². The average Bonchev–Trinajstić information content (AvgIpc) is 3.31. The molecule has 0 fully saturated rings. The van der Waals surface area contributed by atoms with Gasteiger partial charge in [-0.15, -0.1) is 0 Å². The van der Waals surface area contributed by atoms with Crippen LogP contribution in [0, 0.1) is 0 Å². The Morgan fingerprint density at radius 1 is 0.757 bits per heavy atom. The van der Waals surface area contributed by atoms with Gasteiger partial charge in [0, 0.05) is 6.42 Å². The van der Waals surface area contributed by atoms with E-state index in [1.165, 1.54) is 108 Å². The van der Waals surface area contributed by atoms with Crippen LogP contribution in [0.15, 0.2) is 6.33 Å². The summed E-state index contributed by atoms with van der Waals surface area (Å²) in [5.41, 5.74) is 2.79. The fourth-order valence-electron chi connectivity index (χ4n) is 4.71. The highest BCUT2D eigenvalue weighted by Gasteiger charge is 2.15. The van der Waals surface area contributed by atoms with E-state index in [9.17, 15) is 4.79 Å². The zero-order valence-corrected chi connectivity index (χ0v) is 24.8. The molecule has 0 unspecified atom stereocenters. The number of fused-ring (bicyclic) bond motifs is 1. The third-order valence-electron chi connectivity index (χ3n) is 6.88. The van der Waals surface area contributed by atoms with Crippen molar-refractivity contribution in [3.63, 3.8) is 0 Å². The van der Waals surface area contributed by atoms with Crippen LogP contribution in [0.3, 0.4) is 0 Å². The molecule has 0 saturated carbocycles. The molecule has 0 bridgehead atoms. The Bertz CT molecular complexity index is 871. The maximum atomic E-state index is 11.9. The molecule has 0 aliphatic heterocycles. The van der Waals surface area contributed by atoms with Gasteiger partial charge in [0.2, 0.25) is 0 Å². The second-order valence-electron chi connectivity index (χ2n) is 10.2. The summed E-state index contributed by atoms with van der Waals surface area (Å²) >= 11 is 1.40. The first-order chi connectivity index (χ1) is 18.2. The molecule has 2 heterocycles. The summed E-state index contributed by atoms with van der Waals surface area (Å²) < 4.78 is 7.01. The van der Waals surface area contributed by atoms with Gasteiger partial charge >= 0.3 is 5.97 Å². The number of aromatic nitrogens is 4. The van der Waals surface area contributed by atoms with Gasteiger partial charge in [-0.05, 0) is 38.1 Å². The van der Waals surface area contributed by atoms with Gasteiger partial charge in [-0.2, -0.15) is 0 Å². The van der Waals surface area contributed by atoms with Crippen LogP contribution >= 0.6 is 11.9 Å². The van der Waals surface area contributed by atoms with Crippen molar-refractivity contribution in [3.05, 3.63) is 17.8 Å². The molecule has 2 rings (SSSR count). The van der Waals surface area contributed by atoms with Crippen molar-refractivity contribution >= 4 is 29.1 Å². The van der Waals surface area contributed by atoms with Crippen molar-refractivity contribution in [1.82, 2.24) is 18.9 Å². The lowest BCUT2D eigenvalue weighted by Crippen LogP contribution is -2.08. The lowest BCUT2D eigenvalue weighted by atomic mass is 10.1. The molecule has 7 heteroatoms. The molecule has 0 aliphatic rings. The second kappa shape index (κ2) is 20.3. The number of hydrogen-bond acceptors (Lipinski definition) is 6.